The molecule has 20 heavy (non-hydrogen) atoms. The maximum absolute atomic E-state index is 5.68. The summed E-state index contributed by atoms with van der Waals surface area (Å²) >= 11 is 0. The van der Waals surface area contributed by atoms with Crippen molar-refractivity contribution >= 4 is 17.1 Å². The van der Waals surface area contributed by atoms with Crippen LogP contribution in [0.2, 0.25) is 0 Å². The van der Waals surface area contributed by atoms with Crippen molar-refractivity contribution in [2.24, 2.45) is 0 Å². The SMILES string of the molecule is Nc1ccc(Nc2ccc(-c3ccccc3)cc2)cc1. The van der Waals surface area contributed by atoms with Crippen LogP contribution in [0.5, 0.6) is 0 Å². The third-order valence-corrected chi connectivity index (χ3v) is 3.19. The van der Waals surface area contributed by atoms with Gasteiger partial charge in [0.25, 0.3) is 0 Å². The first-order chi connectivity index (χ1) is 9.81. The summed E-state index contributed by atoms with van der Waals surface area (Å²) in [6.07, 6.45) is 0. The summed E-state index contributed by atoms with van der Waals surface area (Å²) in [5.41, 5.74) is 11.0. The molecule has 0 bridgehead atoms. The Morgan fingerprint density at radius 1 is 0.550 bits per heavy atom. The van der Waals surface area contributed by atoms with Crippen molar-refractivity contribution in [2.45, 2.75) is 0 Å². The van der Waals surface area contributed by atoms with Crippen LogP contribution in [0.4, 0.5) is 17.1 Å². The van der Waals surface area contributed by atoms with Crippen molar-refractivity contribution in [2.75, 3.05) is 11.1 Å². The van der Waals surface area contributed by atoms with E-state index in [-0.39, 0.29) is 0 Å². The number of anilines is 3. The van der Waals surface area contributed by atoms with Gasteiger partial charge in [0.05, 0.1) is 0 Å². The second kappa shape index (κ2) is 5.49. The summed E-state index contributed by atoms with van der Waals surface area (Å²) in [5.74, 6) is 0. The van der Waals surface area contributed by atoms with Gasteiger partial charge < -0.3 is 11.1 Å². The quantitative estimate of drug-likeness (QED) is 0.671. The van der Waals surface area contributed by atoms with Crippen LogP contribution < -0.4 is 11.1 Å². The number of nitrogens with two attached hydrogens (primary N) is 1. The van der Waals surface area contributed by atoms with Gasteiger partial charge in [-0.05, 0) is 47.5 Å². The Morgan fingerprint density at radius 2 is 1.05 bits per heavy atom. The zero-order valence-electron chi connectivity index (χ0n) is 11.1. The fraction of sp³-hybridized carbons (Fsp3) is 0. The average Bonchev–Trinajstić information content (AvgIpc) is 2.51. The molecule has 0 aromatic heterocycles. The predicted molar refractivity (Wildman–Crippen MR) is 86.0 cm³/mol. The molecule has 0 radical (unpaired) electrons. The molecule has 0 spiro atoms. The van der Waals surface area contributed by atoms with Crippen molar-refractivity contribution < 1.29 is 0 Å². The number of nitrogen functional groups attached to an aromatic ring is 1. The van der Waals surface area contributed by atoms with E-state index in [4.69, 9.17) is 5.73 Å². The van der Waals surface area contributed by atoms with Crippen LogP contribution in [0.1, 0.15) is 0 Å². The predicted octanol–water partition coefficient (Wildman–Crippen LogP) is 4.68. The minimum absolute atomic E-state index is 0.773. The molecule has 2 heteroatoms. The highest BCUT2D eigenvalue weighted by atomic mass is 14.9. The first-order valence-electron chi connectivity index (χ1n) is 6.59. The summed E-state index contributed by atoms with van der Waals surface area (Å²) in [7, 11) is 0. The molecular weight excluding hydrogens is 244 g/mol. The molecular formula is C18H16N2. The molecule has 98 valence electrons. The smallest absolute Gasteiger partial charge is 0.0385 e. The van der Waals surface area contributed by atoms with E-state index in [2.05, 4.69) is 53.8 Å². The van der Waals surface area contributed by atoms with Crippen LogP contribution in [-0.4, -0.2) is 0 Å². The number of nitrogens with one attached hydrogen (secondary N) is 1. The van der Waals surface area contributed by atoms with E-state index in [0.29, 0.717) is 0 Å². The highest BCUT2D eigenvalue weighted by Crippen LogP contribution is 2.23. The normalized spacial score (nSPS) is 10.2. The molecule has 3 aromatic carbocycles. The Kier molecular flexibility index (Phi) is 3.38. The van der Waals surface area contributed by atoms with Gasteiger partial charge in [0.2, 0.25) is 0 Å². The van der Waals surface area contributed by atoms with Crippen molar-refractivity contribution in [1.29, 1.82) is 0 Å². The molecule has 2 nitrogen and oxygen atoms in total. The van der Waals surface area contributed by atoms with E-state index in [0.717, 1.165) is 17.1 Å². The van der Waals surface area contributed by atoms with E-state index in [9.17, 15) is 0 Å². The van der Waals surface area contributed by atoms with E-state index in [1.807, 2.05) is 30.3 Å². The molecule has 0 aliphatic heterocycles. The van der Waals surface area contributed by atoms with E-state index in [1.165, 1.54) is 11.1 Å². The molecule has 0 saturated carbocycles. The zero-order valence-corrected chi connectivity index (χ0v) is 11.1. The lowest BCUT2D eigenvalue weighted by Gasteiger charge is -2.08. The maximum Gasteiger partial charge on any atom is 0.0385 e. The zero-order chi connectivity index (χ0) is 13.8. The third-order valence-electron chi connectivity index (χ3n) is 3.19. The lowest BCUT2D eigenvalue weighted by molar-refractivity contribution is 1.54. The minimum atomic E-state index is 0.773. The Labute approximate surface area is 118 Å². The van der Waals surface area contributed by atoms with Crippen molar-refractivity contribution in [3.05, 3.63) is 78.9 Å². The molecule has 3 N–H and O–H groups in total. The largest absolute Gasteiger partial charge is 0.399 e. The fourth-order valence-corrected chi connectivity index (χ4v) is 2.11. The topological polar surface area (TPSA) is 38.0 Å². The highest BCUT2D eigenvalue weighted by Gasteiger charge is 1.98. The lowest BCUT2D eigenvalue weighted by Crippen LogP contribution is -1.91. The monoisotopic (exact) mass is 260 g/mol. The number of benzene rings is 3. The Morgan fingerprint density at radius 3 is 1.65 bits per heavy atom. The van der Waals surface area contributed by atoms with Crippen LogP contribution in [0, 0.1) is 0 Å². The number of hydrogen-bond donors (Lipinski definition) is 2. The van der Waals surface area contributed by atoms with Gasteiger partial charge in [0.15, 0.2) is 0 Å². The first-order valence-corrected chi connectivity index (χ1v) is 6.59. The van der Waals surface area contributed by atoms with Crippen molar-refractivity contribution in [3.63, 3.8) is 0 Å². The summed E-state index contributed by atoms with van der Waals surface area (Å²) < 4.78 is 0. The molecule has 3 rings (SSSR count). The molecule has 0 atom stereocenters. The van der Waals surface area contributed by atoms with Crippen LogP contribution in [0.25, 0.3) is 11.1 Å². The summed E-state index contributed by atoms with van der Waals surface area (Å²) in [6.45, 7) is 0. The van der Waals surface area contributed by atoms with Crippen LogP contribution in [-0.2, 0) is 0 Å². The Hall–Kier alpha value is -2.74. The van der Waals surface area contributed by atoms with E-state index < -0.39 is 0 Å². The fourth-order valence-electron chi connectivity index (χ4n) is 2.11. The van der Waals surface area contributed by atoms with Gasteiger partial charge in [-0.3, -0.25) is 0 Å². The summed E-state index contributed by atoms with van der Waals surface area (Å²) in [5, 5.41) is 3.35. The highest BCUT2D eigenvalue weighted by molar-refractivity contribution is 5.68. The number of hydrogen-bond acceptors (Lipinski definition) is 2. The van der Waals surface area contributed by atoms with Crippen molar-refractivity contribution in [1.82, 2.24) is 0 Å². The van der Waals surface area contributed by atoms with E-state index in [1.54, 1.807) is 0 Å². The van der Waals surface area contributed by atoms with Gasteiger partial charge in [-0.1, -0.05) is 42.5 Å². The summed E-state index contributed by atoms with van der Waals surface area (Å²) in [4.78, 5) is 0. The second-order valence-electron chi connectivity index (χ2n) is 4.69. The Bertz CT molecular complexity index is 671. The Balaban J connectivity index is 1.78. The third kappa shape index (κ3) is 2.81. The van der Waals surface area contributed by atoms with Gasteiger partial charge in [0.1, 0.15) is 0 Å². The molecule has 3 aromatic rings. The van der Waals surface area contributed by atoms with Crippen LogP contribution in [0.3, 0.4) is 0 Å². The van der Waals surface area contributed by atoms with Crippen LogP contribution in [0.15, 0.2) is 78.9 Å². The first kappa shape index (κ1) is 12.3. The molecule has 0 saturated heterocycles. The molecule has 0 fully saturated rings. The van der Waals surface area contributed by atoms with Gasteiger partial charge >= 0.3 is 0 Å². The van der Waals surface area contributed by atoms with Gasteiger partial charge in [-0.25, -0.2) is 0 Å². The lowest BCUT2D eigenvalue weighted by atomic mass is 10.1. The molecule has 0 unspecified atom stereocenters. The minimum Gasteiger partial charge on any atom is -0.399 e. The summed E-state index contributed by atoms with van der Waals surface area (Å²) in [6, 6.07) is 26.5. The molecule has 0 amide bonds. The molecule has 0 heterocycles. The standard InChI is InChI=1S/C18H16N2/c19-16-8-12-18(13-9-16)20-17-10-6-15(7-11-17)14-4-2-1-3-5-14/h1-13,20H,19H2. The van der Waals surface area contributed by atoms with Crippen molar-refractivity contribution in [3.8, 4) is 11.1 Å². The van der Waals surface area contributed by atoms with E-state index >= 15 is 0 Å². The number of rotatable bonds is 3. The maximum atomic E-state index is 5.68. The average molecular weight is 260 g/mol. The van der Waals surface area contributed by atoms with Crippen LogP contribution >= 0.6 is 0 Å². The van der Waals surface area contributed by atoms with Gasteiger partial charge in [-0.2, -0.15) is 0 Å². The molecule has 0 aliphatic rings. The van der Waals surface area contributed by atoms with Gasteiger partial charge in [0, 0.05) is 17.1 Å². The van der Waals surface area contributed by atoms with Gasteiger partial charge in [-0.15, -0.1) is 0 Å². The second-order valence-corrected chi connectivity index (χ2v) is 4.69. The molecule has 0 aliphatic carbocycles.